The number of ether oxygens (including phenoxy) is 3. The average molecular weight is 401 g/mol. The molecule has 8 nitrogen and oxygen atoms in total. The summed E-state index contributed by atoms with van der Waals surface area (Å²) in [5, 5.41) is 14.5. The summed E-state index contributed by atoms with van der Waals surface area (Å²) >= 11 is 1.09. The molecule has 0 aliphatic carbocycles. The number of benzene rings is 2. The Balaban J connectivity index is 1.47. The summed E-state index contributed by atoms with van der Waals surface area (Å²) in [7, 11) is 0. The van der Waals surface area contributed by atoms with Gasteiger partial charge in [-0.25, -0.2) is 0 Å². The van der Waals surface area contributed by atoms with Gasteiger partial charge in [0.05, 0.1) is 12.7 Å². The molecule has 0 aromatic heterocycles. The van der Waals surface area contributed by atoms with Crippen LogP contribution in [0.3, 0.4) is 0 Å². The molecule has 4 rings (SSSR count). The van der Waals surface area contributed by atoms with Crippen molar-refractivity contribution in [2.24, 2.45) is 5.11 Å². The fourth-order valence-corrected chi connectivity index (χ4v) is 3.83. The summed E-state index contributed by atoms with van der Waals surface area (Å²) in [5.41, 5.74) is 9.77. The topological polar surface area (TPSA) is 106 Å². The van der Waals surface area contributed by atoms with Crippen LogP contribution < -0.4 is 0 Å². The van der Waals surface area contributed by atoms with E-state index in [2.05, 4.69) is 10.0 Å². The van der Waals surface area contributed by atoms with Gasteiger partial charge >= 0.3 is 0 Å². The van der Waals surface area contributed by atoms with E-state index in [1.54, 1.807) is 0 Å². The summed E-state index contributed by atoms with van der Waals surface area (Å²) in [4.78, 5) is 3.70. The van der Waals surface area contributed by atoms with Crippen LogP contribution in [0.2, 0.25) is 0 Å². The molecule has 2 saturated heterocycles. The number of aliphatic hydroxyl groups excluding tert-OH is 1. The van der Waals surface area contributed by atoms with Crippen molar-refractivity contribution in [2.45, 2.75) is 41.8 Å². The molecule has 1 N–H and O–H groups in total. The summed E-state index contributed by atoms with van der Waals surface area (Å²) in [5.74, 6) is 0. The van der Waals surface area contributed by atoms with Crippen LogP contribution in [-0.4, -0.2) is 42.4 Å². The minimum absolute atomic E-state index is 0.222. The molecule has 0 saturated carbocycles. The van der Waals surface area contributed by atoms with Gasteiger partial charge in [-0.15, -0.1) is 0 Å². The third-order valence-corrected chi connectivity index (χ3v) is 5.32. The van der Waals surface area contributed by atoms with Crippen molar-refractivity contribution in [1.29, 1.82) is 0 Å². The van der Waals surface area contributed by atoms with E-state index in [-0.39, 0.29) is 6.61 Å². The first-order valence-corrected chi connectivity index (χ1v) is 9.58. The van der Waals surface area contributed by atoms with Crippen LogP contribution in [0.4, 0.5) is 0 Å². The second-order valence-corrected chi connectivity index (χ2v) is 7.23. The molecule has 2 aromatic carbocycles. The van der Waals surface area contributed by atoms with Crippen molar-refractivity contribution in [2.75, 3.05) is 6.61 Å². The minimum atomic E-state index is -1.09. The van der Waals surface area contributed by atoms with Gasteiger partial charge in [0.15, 0.2) is 12.6 Å². The first-order valence-electron chi connectivity index (χ1n) is 8.84. The van der Waals surface area contributed by atoms with Crippen LogP contribution in [-0.2, 0) is 18.4 Å². The summed E-state index contributed by atoms with van der Waals surface area (Å²) in [6.45, 7) is 0.222. The zero-order valence-electron chi connectivity index (χ0n) is 14.8. The molecule has 1 unspecified atom stereocenters. The second kappa shape index (κ2) is 8.93. The Labute approximate surface area is 166 Å². The van der Waals surface area contributed by atoms with Crippen molar-refractivity contribution >= 4 is 12.0 Å². The van der Waals surface area contributed by atoms with Gasteiger partial charge in [-0.1, -0.05) is 53.6 Å². The predicted octanol–water partition coefficient (Wildman–Crippen LogP) is 3.59. The van der Waals surface area contributed by atoms with Gasteiger partial charge in [-0.2, -0.15) is 0 Å². The smallest absolute Gasteiger partial charge is 0.184 e. The lowest BCUT2D eigenvalue weighted by Gasteiger charge is -2.46. The van der Waals surface area contributed by atoms with Crippen LogP contribution in [0.15, 0.2) is 70.7 Å². The lowest BCUT2D eigenvalue weighted by Crippen LogP contribution is -2.61. The highest BCUT2D eigenvalue weighted by molar-refractivity contribution is 7.94. The molecule has 0 spiro atoms. The van der Waals surface area contributed by atoms with Gasteiger partial charge in [0.2, 0.25) is 0 Å². The van der Waals surface area contributed by atoms with Gasteiger partial charge in [0, 0.05) is 27.4 Å². The molecule has 2 aliphatic rings. The minimum Gasteiger partial charge on any atom is -0.390 e. The van der Waals surface area contributed by atoms with Crippen LogP contribution in [0.5, 0.6) is 0 Å². The van der Waals surface area contributed by atoms with Crippen LogP contribution >= 0.6 is 12.0 Å². The highest BCUT2D eigenvalue weighted by atomic mass is 32.2. The maximum Gasteiger partial charge on any atom is 0.184 e. The molecule has 2 aliphatic heterocycles. The van der Waals surface area contributed by atoms with Crippen molar-refractivity contribution in [1.82, 2.24) is 0 Å². The number of hydrogen-bond acceptors (Lipinski definition) is 7. The Morgan fingerprint density at radius 1 is 1.07 bits per heavy atom. The maximum absolute atomic E-state index is 10.8. The fourth-order valence-electron chi connectivity index (χ4n) is 3.20. The largest absolute Gasteiger partial charge is 0.390 e. The van der Waals surface area contributed by atoms with Gasteiger partial charge in [0.1, 0.15) is 18.2 Å². The molecular formula is C19H19N3O5S. The molecular weight excluding hydrogens is 382 g/mol. The van der Waals surface area contributed by atoms with Crippen LogP contribution in [0, 0.1) is 0 Å². The summed E-state index contributed by atoms with van der Waals surface area (Å²) in [6, 6.07) is 17.9. The van der Waals surface area contributed by atoms with E-state index in [0.29, 0.717) is 0 Å². The maximum atomic E-state index is 10.8. The lowest BCUT2D eigenvalue weighted by atomic mass is 9.96. The number of nitrogens with zero attached hydrogens (tertiary/aromatic N) is 3. The van der Waals surface area contributed by atoms with E-state index in [4.69, 9.17) is 23.9 Å². The first-order chi connectivity index (χ1) is 13.8. The van der Waals surface area contributed by atoms with E-state index < -0.39 is 36.9 Å². The number of aliphatic hydroxyl groups is 1. The number of azide groups is 1. The summed E-state index contributed by atoms with van der Waals surface area (Å²) < 4.78 is 23.3. The standard InChI is InChI=1S/C19H19N3O5S/c20-22-21-15-16(23)17-14(11-24-18(26-17)12-7-3-1-4-8-12)25-19(15)27-28-13-9-5-2-6-10-13/h1-10,14-19,23H,11H2/t14-,15-,16-,17-,18?,19+/m1/s1. The third-order valence-electron chi connectivity index (χ3n) is 4.57. The Hall–Kier alpha value is -2.10. The molecule has 0 bridgehead atoms. The Bertz CT molecular complexity index is 821. The Morgan fingerprint density at radius 2 is 1.79 bits per heavy atom. The number of hydrogen-bond donors (Lipinski definition) is 1. The van der Waals surface area contributed by atoms with Crippen molar-refractivity contribution < 1.29 is 23.5 Å². The van der Waals surface area contributed by atoms with Crippen molar-refractivity contribution in [3.8, 4) is 0 Å². The average Bonchev–Trinajstić information content (AvgIpc) is 2.76. The quantitative estimate of drug-likeness (QED) is 0.355. The van der Waals surface area contributed by atoms with E-state index in [9.17, 15) is 5.11 Å². The molecule has 146 valence electrons. The van der Waals surface area contributed by atoms with Gasteiger partial charge in [-0.05, 0) is 17.7 Å². The highest BCUT2D eigenvalue weighted by Gasteiger charge is 2.49. The van der Waals surface area contributed by atoms with Crippen molar-refractivity contribution in [3.05, 3.63) is 76.7 Å². The fraction of sp³-hybridized carbons (Fsp3) is 0.368. The normalized spacial score (nSPS) is 32.2. The Morgan fingerprint density at radius 3 is 2.50 bits per heavy atom. The van der Waals surface area contributed by atoms with E-state index in [1.165, 1.54) is 0 Å². The molecule has 2 fully saturated rings. The second-order valence-electron chi connectivity index (χ2n) is 6.40. The molecule has 28 heavy (non-hydrogen) atoms. The predicted molar refractivity (Wildman–Crippen MR) is 101 cm³/mol. The monoisotopic (exact) mass is 401 g/mol. The molecule has 2 heterocycles. The zero-order valence-corrected chi connectivity index (χ0v) is 15.6. The number of rotatable bonds is 5. The van der Waals surface area contributed by atoms with Gasteiger partial charge < -0.3 is 19.3 Å². The number of fused-ring (bicyclic) bond motifs is 1. The lowest BCUT2D eigenvalue weighted by molar-refractivity contribution is -0.330. The summed E-state index contributed by atoms with van der Waals surface area (Å²) in [6.07, 6.45) is -3.88. The molecule has 0 radical (unpaired) electrons. The third kappa shape index (κ3) is 4.16. The van der Waals surface area contributed by atoms with Gasteiger partial charge in [0.25, 0.3) is 0 Å². The highest BCUT2D eigenvalue weighted by Crippen LogP contribution is 2.37. The van der Waals surface area contributed by atoms with Crippen LogP contribution in [0.1, 0.15) is 11.9 Å². The SMILES string of the molecule is [N-]=[N+]=N[C@H]1[C@H](OSc2ccccc2)O[C@@H]2COC(c3ccccc3)O[C@H]2[C@@H]1O. The zero-order chi connectivity index (χ0) is 19.3. The van der Waals surface area contributed by atoms with E-state index >= 15 is 0 Å². The Kier molecular flexibility index (Phi) is 6.13. The molecule has 9 heteroatoms. The van der Waals surface area contributed by atoms with Crippen LogP contribution in [0.25, 0.3) is 10.4 Å². The first kappa shape index (κ1) is 19.2. The molecule has 2 aromatic rings. The molecule has 0 amide bonds. The van der Waals surface area contributed by atoms with Gasteiger partial charge in [-0.3, -0.25) is 4.18 Å². The van der Waals surface area contributed by atoms with E-state index in [1.807, 2.05) is 60.7 Å². The molecule has 6 atom stereocenters. The van der Waals surface area contributed by atoms with Crippen molar-refractivity contribution in [3.63, 3.8) is 0 Å². The van der Waals surface area contributed by atoms with E-state index in [0.717, 1.165) is 22.5 Å².